The molecule has 4 heteroatoms. The Morgan fingerprint density at radius 2 is 1.47 bits per heavy atom. The SMILES string of the molecule is C=CCOc1ccc(C(=O)C=Cc2cc(OCCCC)cc(OCCCC)c2)cc1. The number of carbonyl (C=O) groups is 1. The fourth-order valence-corrected chi connectivity index (χ4v) is 2.66. The standard InChI is InChI=1S/C26H32O4/c1-4-7-16-29-24-18-21(19-25(20-24)30-17-8-5-2)9-14-26(27)22-10-12-23(13-11-22)28-15-6-3/h6,9-14,18-20H,3-5,7-8,15-17H2,1-2H3. The Balaban J connectivity index is 2.10. The van der Waals surface area contributed by atoms with Gasteiger partial charge in [-0.05, 0) is 60.9 Å². The van der Waals surface area contributed by atoms with E-state index in [0.717, 1.165) is 42.7 Å². The fourth-order valence-electron chi connectivity index (χ4n) is 2.66. The Kier molecular flexibility index (Phi) is 10.3. The van der Waals surface area contributed by atoms with Crippen LogP contribution in [0.3, 0.4) is 0 Å². The van der Waals surface area contributed by atoms with E-state index in [1.807, 2.05) is 18.2 Å². The lowest BCUT2D eigenvalue weighted by Crippen LogP contribution is -2.00. The van der Waals surface area contributed by atoms with Crippen LogP contribution in [0.1, 0.15) is 55.5 Å². The van der Waals surface area contributed by atoms with Gasteiger partial charge in [0, 0.05) is 11.6 Å². The molecule has 2 aromatic carbocycles. The number of allylic oxidation sites excluding steroid dienone is 1. The molecular formula is C26H32O4. The van der Waals surface area contributed by atoms with E-state index in [1.165, 1.54) is 0 Å². The average Bonchev–Trinajstić information content (AvgIpc) is 2.77. The largest absolute Gasteiger partial charge is 0.493 e. The summed E-state index contributed by atoms with van der Waals surface area (Å²) in [6, 6.07) is 12.9. The number of benzene rings is 2. The van der Waals surface area contributed by atoms with E-state index in [-0.39, 0.29) is 5.78 Å². The summed E-state index contributed by atoms with van der Waals surface area (Å²) in [5.74, 6) is 2.15. The van der Waals surface area contributed by atoms with Crippen molar-refractivity contribution in [2.24, 2.45) is 0 Å². The second-order valence-corrected chi connectivity index (χ2v) is 6.96. The monoisotopic (exact) mass is 408 g/mol. The smallest absolute Gasteiger partial charge is 0.185 e. The maximum absolute atomic E-state index is 12.5. The van der Waals surface area contributed by atoms with Crippen molar-refractivity contribution in [3.8, 4) is 17.2 Å². The highest BCUT2D eigenvalue weighted by Gasteiger charge is 2.05. The molecule has 0 amide bonds. The van der Waals surface area contributed by atoms with Crippen molar-refractivity contribution in [2.45, 2.75) is 39.5 Å². The summed E-state index contributed by atoms with van der Waals surface area (Å²) in [7, 11) is 0. The van der Waals surface area contributed by atoms with Crippen molar-refractivity contribution in [3.05, 3.63) is 72.3 Å². The molecule has 2 rings (SSSR count). The van der Waals surface area contributed by atoms with E-state index in [1.54, 1.807) is 42.5 Å². The van der Waals surface area contributed by atoms with Crippen LogP contribution in [0.4, 0.5) is 0 Å². The number of rotatable bonds is 14. The summed E-state index contributed by atoms with van der Waals surface area (Å²) < 4.78 is 17.2. The summed E-state index contributed by atoms with van der Waals surface area (Å²) in [4.78, 5) is 12.5. The van der Waals surface area contributed by atoms with E-state index >= 15 is 0 Å². The van der Waals surface area contributed by atoms with Crippen LogP contribution >= 0.6 is 0 Å². The van der Waals surface area contributed by atoms with Crippen LogP contribution in [0.5, 0.6) is 17.2 Å². The van der Waals surface area contributed by atoms with Gasteiger partial charge in [-0.1, -0.05) is 45.4 Å². The fraction of sp³-hybridized carbons (Fsp3) is 0.346. The molecule has 2 aromatic rings. The Bertz CT molecular complexity index is 793. The molecule has 0 bridgehead atoms. The Labute approximate surface area is 180 Å². The third kappa shape index (κ3) is 8.16. The molecule has 160 valence electrons. The molecule has 0 aromatic heterocycles. The van der Waals surface area contributed by atoms with Gasteiger partial charge in [0.15, 0.2) is 5.78 Å². The quantitative estimate of drug-likeness (QED) is 0.155. The van der Waals surface area contributed by atoms with Crippen LogP contribution < -0.4 is 14.2 Å². The van der Waals surface area contributed by atoms with Crippen molar-refractivity contribution in [1.82, 2.24) is 0 Å². The minimum absolute atomic E-state index is 0.0731. The predicted molar refractivity (Wildman–Crippen MR) is 123 cm³/mol. The molecule has 0 radical (unpaired) electrons. The molecule has 0 saturated heterocycles. The first-order chi connectivity index (χ1) is 14.7. The van der Waals surface area contributed by atoms with Crippen LogP contribution in [-0.4, -0.2) is 25.6 Å². The molecule has 4 nitrogen and oxygen atoms in total. The first kappa shape index (κ1) is 23.3. The van der Waals surface area contributed by atoms with Crippen LogP contribution in [0.2, 0.25) is 0 Å². The molecule has 0 heterocycles. The second kappa shape index (κ2) is 13.3. The zero-order valence-electron chi connectivity index (χ0n) is 18.1. The van der Waals surface area contributed by atoms with E-state index in [4.69, 9.17) is 14.2 Å². The van der Waals surface area contributed by atoms with Gasteiger partial charge in [0.25, 0.3) is 0 Å². The lowest BCUT2D eigenvalue weighted by atomic mass is 10.1. The van der Waals surface area contributed by atoms with Crippen LogP contribution in [0, 0.1) is 0 Å². The lowest BCUT2D eigenvalue weighted by Gasteiger charge is -2.11. The molecule has 30 heavy (non-hydrogen) atoms. The van der Waals surface area contributed by atoms with E-state index in [9.17, 15) is 4.79 Å². The molecule has 0 unspecified atom stereocenters. The molecule has 0 aliphatic carbocycles. The van der Waals surface area contributed by atoms with Gasteiger partial charge in [0.2, 0.25) is 0 Å². The predicted octanol–water partition coefficient (Wildman–Crippen LogP) is 6.51. The van der Waals surface area contributed by atoms with Gasteiger partial charge in [0.1, 0.15) is 23.9 Å². The summed E-state index contributed by atoms with van der Waals surface area (Å²) >= 11 is 0. The summed E-state index contributed by atoms with van der Waals surface area (Å²) in [5, 5.41) is 0. The molecule has 0 aliphatic rings. The highest BCUT2D eigenvalue weighted by Crippen LogP contribution is 2.25. The van der Waals surface area contributed by atoms with Gasteiger partial charge in [0.05, 0.1) is 13.2 Å². The summed E-state index contributed by atoms with van der Waals surface area (Å²) in [5.41, 5.74) is 1.47. The minimum Gasteiger partial charge on any atom is -0.493 e. The van der Waals surface area contributed by atoms with Crippen molar-refractivity contribution >= 4 is 11.9 Å². The topological polar surface area (TPSA) is 44.8 Å². The van der Waals surface area contributed by atoms with Crippen molar-refractivity contribution in [2.75, 3.05) is 19.8 Å². The third-order valence-corrected chi connectivity index (χ3v) is 4.37. The van der Waals surface area contributed by atoms with Gasteiger partial charge in [-0.25, -0.2) is 0 Å². The van der Waals surface area contributed by atoms with E-state index in [0.29, 0.717) is 31.1 Å². The average molecular weight is 409 g/mol. The number of hydrogen-bond donors (Lipinski definition) is 0. The van der Waals surface area contributed by atoms with Crippen molar-refractivity contribution in [1.29, 1.82) is 0 Å². The van der Waals surface area contributed by atoms with E-state index in [2.05, 4.69) is 20.4 Å². The van der Waals surface area contributed by atoms with Gasteiger partial charge in [-0.2, -0.15) is 0 Å². The van der Waals surface area contributed by atoms with Gasteiger partial charge in [-0.15, -0.1) is 0 Å². The second-order valence-electron chi connectivity index (χ2n) is 6.96. The minimum atomic E-state index is -0.0731. The van der Waals surface area contributed by atoms with Gasteiger partial charge in [-0.3, -0.25) is 4.79 Å². The Morgan fingerprint density at radius 3 is 2.00 bits per heavy atom. The lowest BCUT2D eigenvalue weighted by molar-refractivity contribution is 0.104. The maximum atomic E-state index is 12.5. The Hall–Kier alpha value is -3.01. The number of ether oxygens (including phenoxy) is 3. The molecule has 0 fully saturated rings. The van der Waals surface area contributed by atoms with Crippen molar-refractivity contribution < 1.29 is 19.0 Å². The summed E-state index contributed by atoms with van der Waals surface area (Å²) in [6.45, 7) is 9.65. The normalized spacial score (nSPS) is 10.7. The van der Waals surface area contributed by atoms with Gasteiger partial charge >= 0.3 is 0 Å². The third-order valence-electron chi connectivity index (χ3n) is 4.37. The Morgan fingerprint density at radius 1 is 0.867 bits per heavy atom. The molecule has 0 atom stereocenters. The van der Waals surface area contributed by atoms with Crippen LogP contribution in [0.25, 0.3) is 6.08 Å². The number of ketones is 1. The van der Waals surface area contributed by atoms with Crippen molar-refractivity contribution in [3.63, 3.8) is 0 Å². The first-order valence-electron chi connectivity index (χ1n) is 10.6. The maximum Gasteiger partial charge on any atom is 0.185 e. The van der Waals surface area contributed by atoms with Crippen LogP contribution in [0.15, 0.2) is 61.2 Å². The molecule has 0 aliphatic heterocycles. The highest BCUT2D eigenvalue weighted by molar-refractivity contribution is 6.06. The zero-order chi connectivity index (χ0) is 21.6. The summed E-state index contributed by atoms with van der Waals surface area (Å²) in [6.07, 6.45) is 9.19. The highest BCUT2D eigenvalue weighted by atomic mass is 16.5. The molecule has 0 saturated carbocycles. The van der Waals surface area contributed by atoms with Gasteiger partial charge < -0.3 is 14.2 Å². The van der Waals surface area contributed by atoms with E-state index < -0.39 is 0 Å². The van der Waals surface area contributed by atoms with Crippen LogP contribution in [-0.2, 0) is 0 Å². The number of carbonyl (C=O) groups excluding carboxylic acids is 1. The zero-order valence-corrected chi connectivity index (χ0v) is 18.1. The molecule has 0 N–H and O–H groups in total. The number of unbranched alkanes of at least 4 members (excludes halogenated alkanes) is 2. The first-order valence-corrected chi connectivity index (χ1v) is 10.6. The molecule has 0 spiro atoms. The number of hydrogen-bond acceptors (Lipinski definition) is 4. The molecular weight excluding hydrogens is 376 g/mol.